The number of carbonyl (C=O) groups is 2. The van der Waals surface area contributed by atoms with E-state index in [1.54, 1.807) is 23.5 Å². The van der Waals surface area contributed by atoms with Crippen molar-refractivity contribution >= 4 is 28.7 Å². The first kappa shape index (κ1) is 15.9. The number of hydrogen-bond donors (Lipinski definition) is 1. The van der Waals surface area contributed by atoms with Crippen LogP contribution >= 0.6 is 11.3 Å². The van der Waals surface area contributed by atoms with Crippen molar-refractivity contribution in [3.63, 3.8) is 0 Å². The molecule has 0 aliphatic heterocycles. The number of nitrogens with zero attached hydrogens (tertiary/aromatic N) is 1. The molecule has 1 amide bonds. The Morgan fingerprint density at radius 2 is 2.18 bits per heavy atom. The molecule has 2 aromatic rings. The van der Waals surface area contributed by atoms with Gasteiger partial charge in [0.1, 0.15) is 0 Å². The molecule has 1 aromatic carbocycles. The Morgan fingerprint density at radius 1 is 1.36 bits per heavy atom. The molecule has 0 spiro atoms. The molecule has 0 aliphatic rings. The summed E-state index contributed by atoms with van der Waals surface area (Å²) < 4.78 is 0. The smallest absolute Gasteiger partial charge is 0.249 e. The van der Waals surface area contributed by atoms with E-state index in [0.29, 0.717) is 12.1 Å². The van der Waals surface area contributed by atoms with E-state index in [9.17, 15) is 9.59 Å². The zero-order chi connectivity index (χ0) is 15.9. The summed E-state index contributed by atoms with van der Waals surface area (Å²) in [5.74, 6) is -2.18. The van der Waals surface area contributed by atoms with Gasteiger partial charge in [-0.2, -0.15) is 16.6 Å². The standard InChI is InChI=1S/C17H16N2O2S/c1-12-3-2-4-14(9-12)19-17(21)15(10-18)16(20)6-5-13-7-8-22-11-13/h2-4,7-9,11,15H,5-6H2,1H3,(H,19,21). The van der Waals surface area contributed by atoms with Gasteiger partial charge in [-0.3, -0.25) is 9.59 Å². The summed E-state index contributed by atoms with van der Waals surface area (Å²) in [5, 5.41) is 15.7. The monoisotopic (exact) mass is 312 g/mol. The van der Waals surface area contributed by atoms with Gasteiger partial charge < -0.3 is 5.32 Å². The van der Waals surface area contributed by atoms with E-state index in [-0.39, 0.29) is 12.2 Å². The molecule has 112 valence electrons. The van der Waals surface area contributed by atoms with E-state index in [1.807, 2.05) is 42.0 Å². The van der Waals surface area contributed by atoms with Crippen molar-refractivity contribution in [2.24, 2.45) is 5.92 Å². The van der Waals surface area contributed by atoms with Crippen LogP contribution < -0.4 is 5.32 Å². The molecule has 1 heterocycles. The highest BCUT2D eigenvalue weighted by molar-refractivity contribution is 7.07. The summed E-state index contributed by atoms with van der Waals surface area (Å²) in [6.07, 6.45) is 0.744. The maximum atomic E-state index is 12.1. The van der Waals surface area contributed by atoms with Crippen LogP contribution in [0.4, 0.5) is 5.69 Å². The first-order valence-corrected chi connectivity index (χ1v) is 7.85. The Kier molecular flexibility index (Phi) is 5.45. The van der Waals surface area contributed by atoms with Crippen LogP contribution in [0.25, 0.3) is 0 Å². The molecule has 0 radical (unpaired) electrons. The minimum absolute atomic E-state index is 0.191. The molecule has 1 atom stereocenters. The van der Waals surface area contributed by atoms with E-state index in [1.165, 1.54) is 0 Å². The number of aryl methyl sites for hydroxylation is 2. The minimum Gasteiger partial charge on any atom is -0.325 e. The molecule has 0 saturated heterocycles. The van der Waals surface area contributed by atoms with Gasteiger partial charge in [-0.05, 0) is 53.4 Å². The van der Waals surface area contributed by atoms with Crippen molar-refractivity contribution < 1.29 is 9.59 Å². The summed E-state index contributed by atoms with van der Waals surface area (Å²) in [6, 6.07) is 11.0. The lowest BCUT2D eigenvalue weighted by atomic mass is 9.99. The third kappa shape index (κ3) is 4.27. The molecule has 4 nitrogen and oxygen atoms in total. The van der Waals surface area contributed by atoms with Crippen molar-refractivity contribution in [2.75, 3.05) is 5.32 Å². The number of ketones is 1. The van der Waals surface area contributed by atoms with Gasteiger partial charge in [0.2, 0.25) is 5.91 Å². The zero-order valence-corrected chi connectivity index (χ0v) is 13.0. The van der Waals surface area contributed by atoms with Crippen molar-refractivity contribution in [1.82, 2.24) is 0 Å². The van der Waals surface area contributed by atoms with Gasteiger partial charge in [0.05, 0.1) is 6.07 Å². The Morgan fingerprint density at radius 3 is 2.82 bits per heavy atom. The van der Waals surface area contributed by atoms with Gasteiger partial charge in [-0.25, -0.2) is 0 Å². The number of nitrogens with one attached hydrogen (secondary N) is 1. The molecule has 1 aromatic heterocycles. The van der Waals surface area contributed by atoms with Crippen LogP contribution in [0.5, 0.6) is 0 Å². The van der Waals surface area contributed by atoms with Gasteiger partial charge in [0.15, 0.2) is 11.7 Å². The van der Waals surface area contributed by atoms with Gasteiger partial charge in [-0.15, -0.1) is 0 Å². The first-order chi connectivity index (χ1) is 10.6. The van der Waals surface area contributed by atoms with Crippen LogP contribution in [0.2, 0.25) is 0 Å². The second-order valence-corrected chi connectivity index (χ2v) is 5.80. The maximum absolute atomic E-state index is 12.1. The average Bonchev–Trinajstić information content (AvgIpc) is 2.99. The summed E-state index contributed by atoms with van der Waals surface area (Å²) in [4.78, 5) is 24.2. The quantitative estimate of drug-likeness (QED) is 0.832. The van der Waals surface area contributed by atoms with E-state index in [2.05, 4.69) is 5.32 Å². The van der Waals surface area contributed by atoms with Crippen LogP contribution in [-0.4, -0.2) is 11.7 Å². The fraction of sp³-hybridized carbons (Fsp3) is 0.235. The number of hydrogen-bond acceptors (Lipinski definition) is 4. The number of nitriles is 1. The van der Waals surface area contributed by atoms with Crippen molar-refractivity contribution in [1.29, 1.82) is 5.26 Å². The molecular weight excluding hydrogens is 296 g/mol. The normalized spacial score (nSPS) is 11.5. The van der Waals surface area contributed by atoms with E-state index in [0.717, 1.165) is 11.1 Å². The molecule has 1 unspecified atom stereocenters. The van der Waals surface area contributed by atoms with Crippen LogP contribution in [0.15, 0.2) is 41.1 Å². The van der Waals surface area contributed by atoms with Crippen LogP contribution in [-0.2, 0) is 16.0 Å². The predicted octanol–water partition coefficient (Wildman–Crippen LogP) is 3.34. The summed E-state index contributed by atoms with van der Waals surface area (Å²) >= 11 is 1.56. The van der Waals surface area contributed by atoms with E-state index < -0.39 is 11.8 Å². The number of anilines is 1. The molecule has 0 bridgehead atoms. The van der Waals surface area contributed by atoms with Crippen molar-refractivity contribution in [3.8, 4) is 6.07 Å². The van der Waals surface area contributed by atoms with Crippen LogP contribution in [0.3, 0.4) is 0 Å². The summed E-state index contributed by atoms with van der Waals surface area (Å²) in [7, 11) is 0. The summed E-state index contributed by atoms with van der Waals surface area (Å²) in [6.45, 7) is 1.91. The van der Waals surface area contributed by atoms with Gasteiger partial charge in [0, 0.05) is 12.1 Å². The second-order valence-electron chi connectivity index (χ2n) is 5.02. The largest absolute Gasteiger partial charge is 0.325 e. The number of carbonyl (C=O) groups excluding carboxylic acids is 2. The highest BCUT2D eigenvalue weighted by Gasteiger charge is 2.26. The number of thiophene rings is 1. The zero-order valence-electron chi connectivity index (χ0n) is 12.2. The van der Waals surface area contributed by atoms with Gasteiger partial charge in [-0.1, -0.05) is 12.1 Å². The summed E-state index contributed by atoms with van der Waals surface area (Å²) in [5.41, 5.74) is 2.64. The molecule has 22 heavy (non-hydrogen) atoms. The lowest BCUT2D eigenvalue weighted by Crippen LogP contribution is -2.28. The minimum atomic E-state index is -1.26. The van der Waals surface area contributed by atoms with Crippen LogP contribution in [0.1, 0.15) is 17.5 Å². The highest BCUT2D eigenvalue weighted by Crippen LogP contribution is 2.14. The molecule has 2 rings (SSSR count). The number of rotatable bonds is 6. The fourth-order valence-electron chi connectivity index (χ4n) is 2.06. The highest BCUT2D eigenvalue weighted by atomic mass is 32.1. The second kappa shape index (κ2) is 7.53. The number of benzene rings is 1. The molecule has 0 aliphatic carbocycles. The average molecular weight is 312 g/mol. The van der Waals surface area contributed by atoms with E-state index in [4.69, 9.17) is 5.26 Å². The Labute approximate surface area is 133 Å². The lowest BCUT2D eigenvalue weighted by Gasteiger charge is -2.10. The maximum Gasteiger partial charge on any atom is 0.249 e. The Balaban J connectivity index is 1.96. The molecule has 1 N–H and O–H groups in total. The molecular formula is C17H16N2O2S. The van der Waals surface area contributed by atoms with Gasteiger partial charge >= 0.3 is 0 Å². The first-order valence-electron chi connectivity index (χ1n) is 6.91. The SMILES string of the molecule is Cc1cccc(NC(=O)C(C#N)C(=O)CCc2ccsc2)c1. The van der Waals surface area contributed by atoms with Crippen molar-refractivity contribution in [3.05, 3.63) is 52.2 Å². The Hall–Kier alpha value is -2.45. The third-order valence-corrected chi connectivity index (χ3v) is 3.97. The third-order valence-electron chi connectivity index (χ3n) is 3.24. The molecule has 0 saturated carbocycles. The van der Waals surface area contributed by atoms with E-state index >= 15 is 0 Å². The van der Waals surface area contributed by atoms with Crippen molar-refractivity contribution in [2.45, 2.75) is 19.8 Å². The van der Waals surface area contributed by atoms with Crippen LogP contribution in [0, 0.1) is 24.2 Å². The Bertz CT molecular complexity index is 702. The molecule has 0 fully saturated rings. The number of amides is 1. The molecule has 5 heteroatoms. The topological polar surface area (TPSA) is 70.0 Å². The van der Waals surface area contributed by atoms with Gasteiger partial charge in [0.25, 0.3) is 0 Å². The predicted molar refractivity (Wildman–Crippen MR) is 86.6 cm³/mol. The fourth-order valence-corrected chi connectivity index (χ4v) is 2.76. The lowest BCUT2D eigenvalue weighted by molar-refractivity contribution is -0.128. The number of Topliss-reactive ketones (excluding diaryl/α,β-unsaturated/α-hetero) is 1.